The molecule has 2 N–H and O–H groups in total. The molecule has 1 aromatic rings. The summed E-state index contributed by atoms with van der Waals surface area (Å²) in [5.74, 6) is 1.10. The van der Waals surface area contributed by atoms with E-state index in [1.165, 1.54) is 32.1 Å². The fraction of sp³-hybridized carbons (Fsp3) is 0.650. The summed E-state index contributed by atoms with van der Waals surface area (Å²) in [5, 5.41) is 6.45. The summed E-state index contributed by atoms with van der Waals surface area (Å²) < 4.78 is 0. The number of rotatable bonds is 5. The van der Waals surface area contributed by atoms with Gasteiger partial charge in [0.1, 0.15) is 0 Å². The van der Waals surface area contributed by atoms with E-state index in [1.54, 1.807) is 18.3 Å². The zero-order chi connectivity index (χ0) is 18.4. The number of pyridine rings is 1. The van der Waals surface area contributed by atoms with Crippen LogP contribution >= 0.6 is 11.6 Å². The zero-order valence-corrected chi connectivity index (χ0v) is 15.9. The zero-order valence-electron chi connectivity index (χ0n) is 15.2. The largest absolute Gasteiger partial charge is 0.353 e. The van der Waals surface area contributed by atoms with Crippen LogP contribution in [-0.4, -0.2) is 22.8 Å². The predicted molar refractivity (Wildman–Crippen MR) is 103 cm³/mol. The third-order valence-corrected chi connectivity index (χ3v) is 5.97. The van der Waals surface area contributed by atoms with Crippen LogP contribution in [0.5, 0.6) is 0 Å². The van der Waals surface area contributed by atoms with Crippen LogP contribution < -0.4 is 10.6 Å². The van der Waals surface area contributed by atoms with Crippen molar-refractivity contribution in [3.8, 4) is 0 Å². The molecule has 0 unspecified atom stereocenters. The Morgan fingerprint density at radius 1 is 1.08 bits per heavy atom. The third-order valence-electron chi connectivity index (χ3n) is 5.66. The Morgan fingerprint density at radius 3 is 2.50 bits per heavy atom. The molecular weight excluding hydrogens is 350 g/mol. The van der Waals surface area contributed by atoms with Crippen molar-refractivity contribution in [3.05, 3.63) is 23.4 Å². The molecule has 1 heterocycles. The molecule has 2 aliphatic rings. The van der Waals surface area contributed by atoms with Gasteiger partial charge in [-0.05, 0) is 56.6 Å². The van der Waals surface area contributed by atoms with Crippen molar-refractivity contribution in [1.29, 1.82) is 0 Å². The molecule has 0 aliphatic heterocycles. The number of amides is 2. The highest BCUT2D eigenvalue weighted by Gasteiger charge is 2.28. The molecule has 0 saturated heterocycles. The first kappa shape index (κ1) is 19.2. The lowest BCUT2D eigenvalue weighted by Crippen LogP contribution is -2.40. The van der Waals surface area contributed by atoms with E-state index >= 15 is 0 Å². The summed E-state index contributed by atoms with van der Waals surface area (Å²) in [5.41, 5.74) is 0. The second-order valence-corrected chi connectivity index (χ2v) is 8.05. The molecule has 0 spiro atoms. The van der Waals surface area contributed by atoms with Gasteiger partial charge >= 0.3 is 0 Å². The summed E-state index contributed by atoms with van der Waals surface area (Å²) in [6.07, 6.45) is 11.8. The Balaban J connectivity index is 1.40. The van der Waals surface area contributed by atoms with Gasteiger partial charge in [-0.2, -0.15) is 0 Å². The van der Waals surface area contributed by atoms with Crippen LogP contribution in [-0.2, 0) is 9.59 Å². The molecular formula is C20H28ClN3O2. The molecule has 2 saturated carbocycles. The van der Waals surface area contributed by atoms with Crippen LogP contribution in [0, 0.1) is 11.8 Å². The van der Waals surface area contributed by atoms with Gasteiger partial charge in [-0.1, -0.05) is 30.9 Å². The monoisotopic (exact) mass is 377 g/mol. The fourth-order valence-corrected chi connectivity index (χ4v) is 4.31. The molecule has 1 aromatic heterocycles. The maximum Gasteiger partial charge on any atom is 0.228 e. The summed E-state index contributed by atoms with van der Waals surface area (Å²) in [7, 11) is 0. The topological polar surface area (TPSA) is 71.1 Å². The molecule has 6 heteroatoms. The first-order valence-corrected chi connectivity index (χ1v) is 10.2. The minimum Gasteiger partial charge on any atom is -0.353 e. The second kappa shape index (κ2) is 9.36. The quantitative estimate of drug-likeness (QED) is 0.802. The van der Waals surface area contributed by atoms with Crippen molar-refractivity contribution >= 4 is 29.2 Å². The van der Waals surface area contributed by atoms with Crippen LogP contribution in [0.1, 0.15) is 64.2 Å². The van der Waals surface area contributed by atoms with Crippen LogP contribution in [0.15, 0.2) is 18.3 Å². The normalized spacial score (nSPS) is 24.0. The lowest BCUT2D eigenvalue weighted by Gasteiger charge is -2.29. The Labute approximate surface area is 160 Å². The highest BCUT2D eigenvalue weighted by Crippen LogP contribution is 2.28. The van der Waals surface area contributed by atoms with Gasteiger partial charge in [0.2, 0.25) is 11.8 Å². The van der Waals surface area contributed by atoms with Crippen molar-refractivity contribution in [2.45, 2.75) is 70.3 Å². The van der Waals surface area contributed by atoms with Crippen molar-refractivity contribution in [2.75, 3.05) is 5.32 Å². The number of nitrogens with zero attached hydrogens (tertiary/aromatic N) is 1. The molecule has 5 nitrogen and oxygen atoms in total. The second-order valence-electron chi connectivity index (χ2n) is 7.65. The summed E-state index contributed by atoms with van der Waals surface area (Å²) in [6, 6.07) is 3.65. The van der Waals surface area contributed by atoms with E-state index in [-0.39, 0.29) is 23.8 Å². The molecule has 0 atom stereocenters. The number of aromatic nitrogens is 1. The summed E-state index contributed by atoms with van der Waals surface area (Å²) >= 11 is 6.04. The SMILES string of the molecule is O=C(CC1CCCCC1)NC1CCC(C(=O)Nc2ncccc2Cl)CC1. The van der Waals surface area contributed by atoms with Crippen molar-refractivity contribution in [2.24, 2.45) is 11.8 Å². The Kier molecular flexibility index (Phi) is 6.89. The highest BCUT2D eigenvalue weighted by molar-refractivity contribution is 6.33. The highest BCUT2D eigenvalue weighted by atomic mass is 35.5. The number of hydrogen-bond donors (Lipinski definition) is 2. The van der Waals surface area contributed by atoms with E-state index in [1.807, 2.05) is 0 Å². The minimum absolute atomic E-state index is 0.0300. The maximum absolute atomic E-state index is 12.4. The van der Waals surface area contributed by atoms with E-state index in [4.69, 9.17) is 11.6 Å². The van der Waals surface area contributed by atoms with Crippen LogP contribution in [0.3, 0.4) is 0 Å². The van der Waals surface area contributed by atoms with Gasteiger partial charge in [0.15, 0.2) is 5.82 Å². The average molecular weight is 378 g/mol. The van der Waals surface area contributed by atoms with Gasteiger partial charge in [0.05, 0.1) is 5.02 Å². The van der Waals surface area contributed by atoms with Gasteiger partial charge in [-0.25, -0.2) is 4.98 Å². The first-order valence-electron chi connectivity index (χ1n) is 9.82. The standard InChI is InChI=1S/C20H28ClN3O2/c21-17-7-4-12-22-19(17)24-20(26)15-8-10-16(11-9-15)23-18(25)13-14-5-2-1-3-6-14/h4,7,12,14-16H,1-3,5-6,8-11,13H2,(H,23,25)(H,22,24,26). The lowest BCUT2D eigenvalue weighted by molar-refractivity contribution is -0.123. The van der Waals surface area contributed by atoms with E-state index < -0.39 is 0 Å². The minimum atomic E-state index is -0.0421. The Morgan fingerprint density at radius 2 is 1.81 bits per heavy atom. The molecule has 2 aliphatic carbocycles. The summed E-state index contributed by atoms with van der Waals surface area (Å²) in [4.78, 5) is 28.8. The first-order chi connectivity index (χ1) is 12.6. The number of halogens is 1. The van der Waals surface area contributed by atoms with E-state index in [9.17, 15) is 9.59 Å². The van der Waals surface area contributed by atoms with Gasteiger partial charge in [0.25, 0.3) is 0 Å². The number of carbonyl (C=O) groups excluding carboxylic acids is 2. The number of hydrogen-bond acceptors (Lipinski definition) is 3. The van der Waals surface area contributed by atoms with Crippen LogP contribution in [0.4, 0.5) is 5.82 Å². The molecule has 0 aromatic carbocycles. The third kappa shape index (κ3) is 5.44. The number of carbonyl (C=O) groups is 2. The van der Waals surface area contributed by atoms with Crippen molar-refractivity contribution in [1.82, 2.24) is 10.3 Å². The smallest absolute Gasteiger partial charge is 0.228 e. The molecule has 2 amide bonds. The number of anilines is 1. The Bertz CT molecular complexity index is 623. The van der Waals surface area contributed by atoms with E-state index in [0.717, 1.165) is 25.7 Å². The van der Waals surface area contributed by atoms with Crippen LogP contribution in [0.25, 0.3) is 0 Å². The van der Waals surface area contributed by atoms with E-state index in [2.05, 4.69) is 15.6 Å². The number of nitrogens with one attached hydrogen (secondary N) is 2. The molecule has 0 bridgehead atoms. The van der Waals surface area contributed by atoms with Gasteiger partial charge in [-0.3, -0.25) is 9.59 Å². The fourth-order valence-electron chi connectivity index (χ4n) is 4.14. The lowest BCUT2D eigenvalue weighted by atomic mass is 9.84. The molecule has 2 fully saturated rings. The molecule has 26 heavy (non-hydrogen) atoms. The van der Waals surface area contributed by atoms with Gasteiger partial charge in [-0.15, -0.1) is 0 Å². The molecule has 3 rings (SSSR count). The predicted octanol–water partition coefficient (Wildman–Crippen LogP) is 4.32. The molecule has 142 valence electrons. The van der Waals surface area contributed by atoms with Gasteiger partial charge in [0, 0.05) is 24.6 Å². The van der Waals surface area contributed by atoms with Crippen LogP contribution in [0.2, 0.25) is 5.02 Å². The van der Waals surface area contributed by atoms with E-state index in [0.29, 0.717) is 23.2 Å². The van der Waals surface area contributed by atoms with Gasteiger partial charge < -0.3 is 10.6 Å². The van der Waals surface area contributed by atoms with Crippen molar-refractivity contribution < 1.29 is 9.59 Å². The maximum atomic E-state index is 12.4. The molecule has 0 radical (unpaired) electrons. The Hall–Kier alpha value is -1.62. The van der Waals surface area contributed by atoms with Crippen molar-refractivity contribution in [3.63, 3.8) is 0 Å². The average Bonchev–Trinajstić information content (AvgIpc) is 2.65. The summed E-state index contributed by atoms with van der Waals surface area (Å²) in [6.45, 7) is 0.